The molecule has 0 amide bonds. The summed E-state index contributed by atoms with van der Waals surface area (Å²) in [6.07, 6.45) is 8.59. The van der Waals surface area contributed by atoms with Crippen LogP contribution in [0.4, 0.5) is 11.9 Å². The number of aliphatic hydroxyl groups excluding tert-OH is 2. The Morgan fingerprint density at radius 2 is 1.18 bits per heavy atom. The number of aromatic nitrogens is 3. The second-order valence-electron chi connectivity index (χ2n) is 8.47. The fourth-order valence-electron chi connectivity index (χ4n) is 4.46. The van der Waals surface area contributed by atoms with Gasteiger partial charge in [0.25, 0.3) is 0 Å². The van der Waals surface area contributed by atoms with Crippen LogP contribution in [0.15, 0.2) is 0 Å². The highest BCUT2D eigenvalue weighted by Gasteiger charge is 2.26. The van der Waals surface area contributed by atoms with Crippen LogP contribution in [-0.2, 0) is 0 Å². The van der Waals surface area contributed by atoms with Gasteiger partial charge in [-0.1, -0.05) is 0 Å². The molecule has 1 saturated carbocycles. The summed E-state index contributed by atoms with van der Waals surface area (Å²) in [7, 11) is 0. The number of anilines is 2. The second kappa shape index (κ2) is 9.22. The largest absolute Gasteiger partial charge is 0.460 e. The molecule has 1 aliphatic carbocycles. The molecular weight excluding hydrogens is 358 g/mol. The molecule has 1 aromatic heterocycles. The van der Waals surface area contributed by atoms with E-state index < -0.39 is 0 Å². The maximum atomic E-state index is 9.40. The van der Waals surface area contributed by atoms with E-state index in [2.05, 4.69) is 19.8 Å². The van der Waals surface area contributed by atoms with E-state index in [4.69, 9.17) is 9.72 Å². The van der Waals surface area contributed by atoms with Crippen LogP contribution in [-0.4, -0.2) is 70.7 Å². The van der Waals surface area contributed by atoms with Gasteiger partial charge in [-0.15, -0.1) is 0 Å². The van der Waals surface area contributed by atoms with Crippen LogP contribution in [0.1, 0.15) is 51.4 Å². The zero-order chi connectivity index (χ0) is 19.3. The Morgan fingerprint density at radius 3 is 1.61 bits per heavy atom. The van der Waals surface area contributed by atoms with Crippen molar-refractivity contribution in [2.45, 2.75) is 57.5 Å². The fourth-order valence-corrected chi connectivity index (χ4v) is 4.46. The van der Waals surface area contributed by atoms with Crippen LogP contribution in [0.3, 0.4) is 0 Å². The summed E-state index contributed by atoms with van der Waals surface area (Å²) in [5.74, 6) is 2.14. The van der Waals surface area contributed by atoms with Crippen molar-refractivity contribution in [3.63, 3.8) is 0 Å². The molecule has 0 aromatic carbocycles. The lowest BCUT2D eigenvalue weighted by Gasteiger charge is -2.33. The number of ether oxygens (including phenoxy) is 1. The molecule has 0 unspecified atom stereocenters. The Hall–Kier alpha value is -1.67. The van der Waals surface area contributed by atoms with Crippen molar-refractivity contribution in [1.29, 1.82) is 0 Å². The van der Waals surface area contributed by atoms with Crippen LogP contribution < -0.4 is 14.5 Å². The molecule has 1 aromatic rings. The molecule has 8 nitrogen and oxygen atoms in total. The van der Waals surface area contributed by atoms with Crippen LogP contribution in [0.25, 0.3) is 0 Å². The summed E-state index contributed by atoms with van der Waals surface area (Å²) in [6, 6.07) is 0.445. The molecule has 3 heterocycles. The molecule has 2 saturated heterocycles. The molecule has 0 radical (unpaired) electrons. The normalized spacial score (nSPS) is 22.8. The molecule has 8 heteroatoms. The van der Waals surface area contributed by atoms with E-state index in [-0.39, 0.29) is 19.3 Å². The van der Waals surface area contributed by atoms with Crippen LogP contribution in [0, 0.1) is 11.8 Å². The Balaban J connectivity index is 1.52. The van der Waals surface area contributed by atoms with Gasteiger partial charge < -0.3 is 24.7 Å². The highest BCUT2D eigenvalue weighted by molar-refractivity contribution is 5.41. The Bertz CT molecular complexity index is 582. The first-order valence-corrected chi connectivity index (χ1v) is 10.9. The first-order valence-electron chi connectivity index (χ1n) is 10.9. The maximum absolute atomic E-state index is 9.40. The van der Waals surface area contributed by atoms with Crippen molar-refractivity contribution < 1.29 is 14.9 Å². The molecule has 2 N–H and O–H groups in total. The topological polar surface area (TPSA) is 94.8 Å². The van der Waals surface area contributed by atoms with E-state index in [0.717, 1.165) is 64.7 Å². The zero-order valence-corrected chi connectivity index (χ0v) is 16.7. The number of hydrogen-bond donors (Lipinski definition) is 2. The Labute approximate surface area is 166 Å². The standard InChI is InChI=1S/C20H33N5O3/c26-13-15-5-9-24(10-6-15)18-21-19(25-11-7-16(14-27)8-12-25)23-20(22-18)28-17-3-1-2-4-17/h15-17,26-27H,1-14H2. The lowest BCUT2D eigenvalue weighted by atomic mass is 9.98. The van der Waals surface area contributed by atoms with Crippen LogP contribution >= 0.6 is 0 Å². The van der Waals surface area contributed by atoms with Gasteiger partial charge >= 0.3 is 6.01 Å². The summed E-state index contributed by atoms with van der Waals surface area (Å²) in [5.41, 5.74) is 0. The predicted octanol–water partition coefficient (Wildman–Crippen LogP) is 1.61. The molecule has 2 aliphatic heterocycles. The molecule has 0 bridgehead atoms. The quantitative estimate of drug-likeness (QED) is 0.755. The molecular formula is C20H33N5O3. The molecule has 0 spiro atoms. The number of nitrogens with zero attached hydrogens (tertiary/aromatic N) is 5. The fraction of sp³-hybridized carbons (Fsp3) is 0.850. The third kappa shape index (κ3) is 4.66. The van der Waals surface area contributed by atoms with Gasteiger partial charge in [0, 0.05) is 39.4 Å². The summed E-state index contributed by atoms with van der Waals surface area (Å²) in [6.45, 7) is 3.92. The highest BCUT2D eigenvalue weighted by Crippen LogP contribution is 2.28. The first kappa shape index (κ1) is 19.6. The predicted molar refractivity (Wildman–Crippen MR) is 107 cm³/mol. The van der Waals surface area contributed by atoms with Gasteiger partial charge in [-0.2, -0.15) is 15.0 Å². The van der Waals surface area contributed by atoms with Gasteiger partial charge in [0.2, 0.25) is 11.9 Å². The SMILES string of the molecule is OCC1CCN(c2nc(OC3CCCC3)nc(N3CCC(CO)CC3)n2)CC1. The number of aliphatic hydroxyl groups is 2. The van der Waals surface area contributed by atoms with Crippen molar-refractivity contribution in [2.24, 2.45) is 11.8 Å². The van der Waals surface area contributed by atoms with Crippen molar-refractivity contribution in [3.8, 4) is 6.01 Å². The maximum Gasteiger partial charge on any atom is 0.323 e. The van der Waals surface area contributed by atoms with E-state index in [1.54, 1.807) is 0 Å². The minimum Gasteiger partial charge on any atom is -0.460 e. The van der Waals surface area contributed by atoms with E-state index in [1.807, 2.05) is 0 Å². The average Bonchev–Trinajstić information content (AvgIpc) is 3.26. The minimum absolute atomic E-state index is 0.211. The number of hydrogen-bond acceptors (Lipinski definition) is 8. The third-order valence-electron chi connectivity index (χ3n) is 6.48. The second-order valence-corrected chi connectivity index (χ2v) is 8.47. The van der Waals surface area contributed by atoms with Crippen LogP contribution in [0.2, 0.25) is 0 Å². The lowest BCUT2D eigenvalue weighted by Crippen LogP contribution is -2.38. The first-order chi connectivity index (χ1) is 13.7. The van der Waals surface area contributed by atoms with Gasteiger partial charge in [0.1, 0.15) is 6.10 Å². The van der Waals surface area contributed by atoms with Gasteiger partial charge in [0.05, 0.1) is 0 Å². The molecule has 3 fully saturated rings. The lowest BCUT2D eigenvalue weighted by molar-refractivity contribution is 0.189. The number of piperidine rings is 2. The van der Waals surface area contributed by atoms with Gasteiger partial charge in [0.15, 0.2) is 0 Å². The smallest absolute Gasteiger partial charge is 0.323 e. The highest BCUT2D eigenvalue weighted by atomic mass is 16.5. The van der Waals surface area contributed by atoms with E-state index in [1.165, 1.54) is 12.8 Å². The molecule has 0 atom stereocenters. The van der Waals surface area contributed by atoms with Crippen LogP contribution in [0.5, 0.6) is 6.01 Å². The number of rotatable bonds is 6. The van der Waals surface area contributed by atoms with Gasteiger partial charge in [-0.3, -0.25) is 0 Å². The van der Waals surface area contributed by atoms with Crippen molar-refractivity contribution in [3.05, 3.63) is 0 Å². The molecule has 28 heavy (non-hydrogen) atoms. The summed E-state index contributed by atoms with van der Waals surface area (Å²) in [4.78, 5) is 18.5. The molecule has 3 aliphatic rings. The Kier molecular flexibility index (Phi) is 6.47. The molecule has 156 valence electrons. The van der Waals surface area contributed by atoms with E-state index >= 15 is 0 Å². The monoisotopic (exact) mass is 391 g/mol. The van der Waals surface area contributed by atoms with Crippen molar-refractivity contribution in [2.75, 3.05) is 49.2 Å². The zero-order valence-electron chi connectivity index (χ0n) is 16.7. The van der Waals surface area contributed by atoms with E-state index in [9.17, 15) is 10.2 Å². The molecule has 4 rings (SSSR count). The van der Waals surface area contributed by atoms with Gasteiger partial charge in [-0.25, -0.2) is 0 Å². The summed E-state index contributed by atoms with van der Waals surface area (Å²) < 4.78 is 6.13. The summed E-state index contributed by atoms with van der Waals surface area (Å²) >= 11 is 0. The average molecular weight is 392 g/mol. The minimum atomic E-state index is 0.211. The van der Waals surface area contributed by atoms with Crippen molar-refractivity contribution in [1.82, 2.24) is 15.0 Å². The summed E-state index contributed by atoms with van der Waals surface area (Å²) in [5, 5.41) is 18.8. The van der Waals surface area contributed by atoms with Crippen molar-refractivity contribution >= 4 is 11.9 Å². The third-order valence-corrected chi connectivity index (χ3v) is 6.48. The van der Waals surface area contributed by atoms with E-state index in [0.29, 0.717) is 29.7 Å². The Morgan fingerprint density at radius 1 is 0.714 bits per heavy atom. The van der Waals surface area contributed by atoms with Gasteiger partial charge in [-0.05, 0) is 63.2 Å².